The fourth-order valence-corrected chi connectivity index (χ4v) is 1.54. The van der Waals surface area contributed by atoms with Crippen molar-refractivity contribution in [2.45, 2.75) is 32.9 Å². The Morgan fingerprint density at radius 3 is 2.47 bits per heavy atom. The van der Waals surface area contributed by atoms with E-state index in [1.54, 1.807) is 19.1 Å². The maximum atomic E-state index is 9.73. The van der Waals surface area contributed by atoms with Crippen molar-refractivity contribution in [3.8, 4) is 5.75 Å². The average Bonchev–Trinajstić information content (AvgIpc) is 2.42. The molecular weight excluding hydrogens is 244 g/mol. The average molecular weight is 267 g/mol. The molecule has 0 saturated heterocycles. The van der Waals surface area contributed by atoms with Gasteiger partial charge in [-0.15, -0.1) is 0 Å². The second-order valence-corrected chi connectivity index (χ2v) is 4.89. The summed E-state index contributed by atoms with van der Waals surface area (Å²) in [4.78, 5) is 0. The Kier molecular flexibility index (Phi) is 6.32. The Morgan fingerprint density at radius 2 is 1.95 bits per heavy atom. The van der Waals surface area contributed by atoms with Crippen molar-refractivity contribution >= 4 is 5.71 Å². The van der Waals surface area contributed by atoms with Gasteiger partial charge in [0.2, 0.25) is 0 Å². The summed E-state index contributed by atoms with van der Waals surface area (Å²) in [5, 5.41) is 23.6. The summed E-state index contributed by atoms with van der Waals surface area (Å²) in [6, 6.07) is 7.69. The van der Waals surface area contributed by atoms with Gasteiger partial charge >= 0.3 is 0 Å². The largest absolute Gasteiger partial charge is 0.491 e. The quantitative estimate of drug-likeness (QED) is 0.384. The summed E-state index contributed by atoms with van der Waals surface area (Å²) >= 11 is 0. The van der Waals surface area contributed by atoms with Crippen molar-refractivity contribution in [1.29, 1.82) is 0 Å². The number of oxime groups is 1. The highest BCUT2D eigenvalue weighted by Gasteiger charge is 2.08. The molecule has 0 heterocycles. The summed E-state index contributed by atoms with van der Waals surface area (Å²) in [6.45, 7) is 6.79. The lowest BCUT2D eigenvalue weighted by Gasteiger charge is -2.13. The van der Waals surface area contributed by atoms with E-state index in [0.29, 0.717) is 24.0 Å². The third-order valence-electron chi connectivity index (χ3n) is 2.74. The number of aliphatic hydroxyl groups is 1. The molecule has 0 aliphatic rings. The van der Waals surface area contributed by atoms with E-state index in [9.17, 15) is 5.11 Å². The van der Waals surface area contributed by atoms with Crippen LogP contribution >= 0.6 is 0 Å². The lowest BCUT2D eigenvalue weighted by atomic mass is 10.1. The molecule has 5 heteroatoms. The standard InChI is InChI=1S/C14H22N2O3/c1-10(2)15-8-13(17)9-19-14-6-4-12(5-7-14)11(3)16-18/h4-7,10,13,15,17-18H,8-9H2,1-3H3/p+1/t13-/m1/s1. The molecule has 0 radical (unpaired) electrons. The highest BCUT2D eigenvalue weighted by molar-refractivity contribution is 5.98. The first-order valence-electron chi connectivity index (χ1n) is 6.46. The number of benzene rings is 1. The highest BCUT2D eigenvalue weighted by Crippen LogP contribution is 2.13. The molecule has 106 valence electrons. The molecule has 0 spiro atoms. The summed E-state index contributed by atoms with van der Waals surface area (Å²) < 4.78 is 5.50. The van der Waals surface area contributed by atoms with Crippen LogP contribution in [-0.2, 0) is 0 Å². The van der Waals surface area contributed by atoms with E-state index in [4.69, 9.17) is 9.94 Å². The van der Waals surface area contributed by atoms with Gasteiger partial charge in [0, 0.05) is 0 Å². The van der Waals surface area contributed by atoms with E-state index in [1.165, 1.54) is 0 Å². The molecule has 5 nitrogen and oxygen atoms in total. The first kappa shape index (κ1) is 15.5. The molecule has 19 heavy (non-hydrogen) atoms. The minimum Gasteiger partial charge on any atom is -0.491 e. The fraction of sp³-hybridized carbons (Fsp3) is 0.500. The molecule has 1 aromatic rings. The van der Waals surface area contributed by atoms with Crippen LogP contribution in [0.2, 0.25) is 0 Å². The van der Waals surface area contributed by atoms with Gasteiger partial charge in [0.25, 0.3) is 0 Å². The van der Waals surface area contributed by atoms with Gasteiger partial charge in [-0.25, -0.2) is 0 Å². The second-order valence-electron chi connectivity index (χ2n) is 4.89. The van der Waals surface area contributed by atoms with Crippen molar-refractivity contribution in [2.24, 2.45) is 5.16 Å². The molecule has 4 N–H and O–H groups in total. The number of hydrogen-bond acceptors (Lipinski definition) is 4. The van der Waals surface area contributed by atoms with Gasteiger partial charge in [-0.05, 0) is 50.6 Å². The molecule has 1 rings (SSSR count). The number of ether oxygens (including phenoxy) is 1. The molecular formula is C14H23N2O3+. The van der Waals surface area contributed by atoms with Crippen LogP contribution < -0.4 is 10.1 Å². The van der Waals surface area contributed by atoms with E-state index in [1.807, 2.05) is 12.1 Å². The minimum atomic E-state index is -0.484. The Labute approximate surface area is 113 Å². The van der Waals surface area contributed by atoms with Crippen LogP contribution in [0, 0.1) is 0 Å². The number of aliphatic hydroxyl groups excluding tert-OH is 1. The first-order valence-corrected chi connectivity index (χ1v) is 6.46. The van der Waals surface area contributed by atoms with Crippen molar-refractivity contribution < 1.29 is 20.4 Å². The van der Waals surface area contributed by atoms with Crippen LogP contribution in [0.3, 0.4) is 0 Å². The predicted molar refractivity (Wildman–Crippen MR) is 73.9 cm³/mol. The van der Waals surface area contributed by atoms with Gasteiger partial charge in [-0.2, -0.15) is 0 Å². The Bertz CT molecular complexity index is 402. The molecule has 0 unspecified atom stereocenters. The minimum absolute atomic E-state index is 0.273. The van der Waals surface area contributed by atoms with Crippen LogP contribution in [0.25, 0.3) is 0 Å². The zero-order chi connectivity index (χ0) is 14.3. The van der Waals surface area contributed by atoms with Crippen LogP contribution in [-0.4, -0.2) is 41.3 Å². The molecule has 0 saturated carbocycles. The SMILES string of the molecule is CC(=NO)c1ccc(OC[C@H](O)C[NH2+]C(C)C)cc1. The van der Waals surface area contributed by atoms with Crippen LogP contribution in [0.1, 0.15) is 26.3 Å². The monoisotopic (exact) mass is 267 g/mol. The Hall–Kier alpha value is -1.59. The number of nitrogens with zero attached hydrogens (tertiary/aromatic N) is 1. The van der Waals surface area contributed by atoms with E-state index < -0.39 is 6.10 Å². The van der Waals surface area contributed by atoms with Crippen molar-refractivity contribution in [3.63, 3.8) is 0 Å². The second kappa shape index (κ2) is 7.76. The third-order valence-corrected chi connectivity index (χ3v) is 2.74. The highest BCUT2D eigenvalue weighted by atomic mass is 16.5. The van der Waals surface area contributed by atoms with E-state index in [0.717, 1.165) is 5.56 Å². The third kappa shape index (κ3) is 5.72. The normalized spacial score (nSPS) is 13.6. The van der Waals surface area contributed by atoms with Gasteiger partial charge in [0.1, 0.15) is 25.0 Å². The summed E-state index contributed by atoms with van der Waals surface area (Å²) in [7, 11) is 0. The molecule has 0 fully saturated rings. The maximum absolute atomic E-state index is 9.73. The van der Waals surface area contributed by atoms with Crippen molar-refractivity contribution in [3.05, 3.63) is 29.8 Å². The van der Waals surface area contributed by atoms with Crippen LogP contribution in [0.15, 0.2) is 29.4 Å². The number of nitrogens with two attached hydrogens (primary N) is 1. The summed E-state index contributed by atoms with van der Waals surface area (Å²) in [5.41, 5.74) is 1.39. The molecule has 0 aliphatic carbocycles. The Morgan fingerprint density at radius 1 is 1.32 bits per heavy atom. The Balaban J connectivity index is 2.41. The molecule has 0 bridgehead atoms. The molecule has 1 atom stereocenters. The van der Waals surface area contributed by atoms with Gasteiger partial charge < -0.3 is 20.4 Å². The smallest absolute Gasteiger partial charge is 0.137 e. The molecule has 0 amide bonds. The van der Waals surface area contributed by atoms with E-state index in [2.05, 4.69) is 24.3 Å². The van der Waals surface area contributed by atoms with Crippen LogP contribution in [0.4, 0.5) is 0 Å². The topological polar surface area (TPSA) is 78.7 Å². The lowest BCUT2D eigenvalue weighted by molar-refractivity contribution is -0.688. The zero-order valence-corrected chi connectivity index (χ0v) is 11.7. The van der Waals surface area contributed by atoms with Gasteiger partial charge in [-0.3, -0.25) is 0 Å². The van der Waals surface area contributed by atoms with Crippen molar-refractivity contribution in [2.75, 3.05) is 13.2 Å². The van der Waals surface area contributed by atoms with E-state index >= 15 is 0 Å². The molecule has 0 aliphatic heterocycles. The van der Waals surface area contributed by atoms with Gasteiger partial charge in [0.15, 0.2) is 0 Å². The molecule has 1 aromatic carbocycles. The first-order chi connectivity index (χ1) is 9.02. The predicted octanol–water partition coefficient (Wildman–Crippen LogP) is 0.596. The zero-order valence-electron chi connectivity index (χ0n) is 11.7. The lowest BCUT2D eigenvalue weighted by Crippen LogP contribution is -2.90. The summed E-state index contributed by atoms with van der Waals surface area (Å²) in [6.07, 6.45) is -0.484. The van der Waals surface area contributed by atoms with Gasteiger partial charge in [-0.1, -0.05) is 5.16 Å². The fourth-order valence-electron chi connectivity index (χ4n) is 1.54. The molecule has 0 aromatic heterocycles. The van der Waals surface area contributed by atoms with E-state index in [-0.39, 0.29) is 6.61 Å². The van der Waals surface area contributed by atoms with Crippen LogP contribution in [0.5, 0.6) is 5.75 Å². The maximum Gasteiger partial charge on any atom is 0.137 e. The number of hydrogen-bond donors (Lipinski definition) is 3. The number of rotatable bonds is 7. The van der Waals surface area contributed by atoms with Crippen molar-refractivity contribution in [1.82, 2.24) is 0 Å². The van der Waals surface area contributed by atoms with Gasteiger partial charge in [0.05, 0.1) is 11.8 Å². The summed E-state index contributed by atoms with van der Waals surface area (Å²) in [5.74, 6) is 0.693. The number of quaternary nitrogens is 1.